The zero-order valence-electron chi connectivity index (χ0n) is 19.0. The summed E-state index contributed by atoms with van der Waals surface area (Å²) in [6, 6.07) is 10.1. The number of halogens is 2. The van der Waals surface area contributed by atoms with Crippen molar-refractivity contribution in [3.05, 3.63) is 72.1 Å². The third-order valence-corrected chi connectivity index (χ3v) is 5.16. The van der Waals surface area contributed by atoms with Crippen LogP contribution in [0, 0.1) is 11.6 Å². The molecule has 4 rings (SSSR count). The van der Waals surface area contributed by atoms with E-state index in [1.807, 2.05) is 7.05 Å². The fourth-order valence-electron chi connectivity index (χ4n) is 3.53. The second kappa shape index (κ2) is 10.3. The van der Waals surface area contributed by atoms with Gasteiger partial charge in [-0.25, -0.2) is 8.78 Å². The molecule has 180 valence electrons. The van der Waals surface area contributed by atoms with Gasteiger partial charge in [0.2, 0.25) is 0 Å². The lowest BCUT2D eigenvalue weighted by Crippen LogP contribution is -2.15. The van der Waals surface area contributed by atoms with Gasteiger partial charge in [0.15, 0.2) is 17.4 Å². The van der Waals surface area contributed by atoms with Gasteiger partial charge in [-0.15, -0.1) is 0 Å². The number of hydrogen-bond donors (Lipinski definition) is 2. The molecule has 0 spiro atoms. The molecule has 0 aliphatic rings. The molecule has 35 heavy (non-hydrogen) atoms. The number of ether oxygens (including phenoxy) is 3. The van der Waals surface area contributed by atoms with Crippen molar-refractivity contribution in [1.29, 1.82) is 0 Å². The van der Waals surface area contributed by atoms with Gasteiger partial charge in [-0.2, -0.15) is 0 Å². The number of amides is 1. The van der Waals surface area contributed by atoms with E-state index in [4.69, 9.17) is 19.9 Å². The summed E-state index contributed by atoms with van der Waals surface area (Å²) in [6.07, 6.45) is 2.82. The van der Waals surface area contributed by atoms with Crippen LogP contribution < -0.4 is 25.3 Å². The molecule has 2 aromatic carbocycles. The summed E-state index contributed by atoms with van der Waals surface area (Å²) >= 11 is 0. The molecule has 0 radical (unpaired) electrons. The smallest absolute Gasteiger partial charge is 0.254 e. The van der Waals surface area contributed by atoms with Crippen molar-refractivity contribution < 1.29 is 27.8 Å². The fraction of sp³-hybridized carbons (Fsp3) is 0.160. The van der Waals surface area contributed by atoms with E-state index in [-0.39, 0.29) is 28.3 Å². The number of hydrogen-bond acceptors (Lipinski definition) is 7. The standard InChI is InChI=1S/C25H22F2N4O4/c1-29-9-10-34-15-3-4-16-19(13-15)30-7-5-20(16)35-24-17(26)11-14(12-18(24)27)23-22(25(28)32)21(33-2)6-8-31-23/h3-8,11-13,29H,9-10H2,1-2H3,(H2,28,32). The Morgan fingerprint density at radius 3 is 2.43 bits per heavy atom. The third-order valence-electron chi connectivity index (χ3n) is 5.16. The highest BCUT2D eigenvalue weighted by atomic mass is 19.1. The van der Waals surface area contributed by atoms with Gasteiger partial charge in [-0.05, 0) is 43.4 Å². The number of primary amides is 1. The van der Waals surface area contributed by atoms with Gasteiger partial charge in [0, 0.05) is 36.0 Å². The minimum Gasteiger partial charge on any atom is -0.496 e. The van der Waals surface area contributed by atoms with Crippen LogP contribution in [0.5, 0.6) is 23.0 Å². The van der Waals surface area contributed by atoms with Crippen LogP contribution in [-0.2, 0) is 0 Å². The molecule has 0 atom stereocenters. The molecular weight excluding hydrogens is 458 g/mol. The number of nitrogens with two attached hydrogens (primary N) is 1. The van der Waals surface area contributed by atoms with Gasteiger partial charge in [0.05, 0.1) is 18.3 Å². The van der Waals surface area contributed by atoms with Gasteiger partial charge in [-0.3, -0.25) is 14.8 Å². The Labute approximate surface area is 199 Å². The number of methoxy groups -OCH3 is 1. The molecule has 0 saturated heterocycles. The number of carbonyl (C=O) groups is 1. The Kier molecular flexibility index (Phi) is 7.02. The van der Waals surface area contributed by atoms with Crippen molar-refractivity contribution in [2.75, 3.05) is 27.3 Å². The minimum absolute atomic E-state index is 0.00277. The number of aromatic nitrogens is 2. The number of carbonyl (C=O) groups excluding carboxylic acids is 1. The molecule has 2 aromatic heterocycles. The van der Waals surface area contributed by atoms with Crippen molar-refractivity contribution in [3.8, 4) is 34.3 Å². The van der Waals surface area contributed by atoms with Crippen molar-refractivity contribution in [1.82, 2.24) is 15.3 Å². The van der Waals surface area contributed by atoms with E-state index < -0.39 is 23.3 Å². The Hall–Kier alpha value is -4.31. The molecule has 0 unspecified atom stereocenters. The van der Waals surface area contributed by atoms with E-state index in [2.05, 4.69) is 15.3 Å². The first-order valence-electron chi connectivity index (χ1n) is 10.6. The summed E-state index contributed by atoms with van der Waals surface area (Å²) < 4.78 is 46.5. The van der Waals surface area contributed by atoms with Crippen LogP contribution in [0.25, 0.3) is 22.2 Å². The first kappa shape index (κ1) is 23.8. The Morgan fingerprint density at radius 2 is 1.74 bits per heavy atom. The highest BCUT2D eigenvalue weighted by molar-refractivity contribution is 6.01. The zero-order chi connectivity index (χ0) is 24.9. The SMILES string of the molecule is CNCCOc1ccc2c(Oc3c(F)cc(-c4nccc(OC)c4C(N)=O)cc3F)ccnc2c1. The quantitative estimate of drug-likeness (QED) is 0.348. The van der Waals surface area contributed by atoms with Crippen molar-refractivity contribution in [2.45, 2.75) is 0 Å². The maximum absolute atomic E-state index is 15.1. The monoisotopic (exact) mass is 480 g/mol. The molecule has 3 N–H and O–H groups in total. The van der Waals surface area contributed by atoms with E-state index in [0.29, 0.717) is 29.8 Å². The van der Waals surface area contributed by atoms with E-state index in [1.54, 1.807) is 18.2 Å². The van der Waals surface area contributed by atoms with Gasteiger partial charge < -0.3 is 25.3 Å². The Balaban J connectivity index is 1.69. The number of likely N-dealkylation sites (N-methyl/N-ethyl adjacent to an activating group) is 1. The lowest BCUT2D eigenvalue weighted by Gasteiger charge is -2.14. The molecule has 4 aromatic rings. The van der Waals surface area contributed by atoms with Crippen LogP contribution in [0.2, 0.25) is 0 Å². The average Bonchev–Trinajstić information content (AvgIpc) is 2.85. The van der Waals surface area contributed by atoms with Gasteiger partial charge >= 0.3 is 0 Å². The normalized spacial score (nSPS) is 10.9. The van der Waals surface area contributed by atoms with Crippen molar-refractivity contribution >= 4 is 16.8 Å². The van der Waals surface area contributed by atoms with Crippen LogP contribution in [0.3, 0.4) is 0 Å². The number of fused-ring (bicyclic) bond motifs is 1. The molecule has 0 saturated carbocycles. The Bertz CT molecular complexity index is 1370. The molecule has 2 heterocycles. The molecule has 8 nitrogen and oxygen atoms in total. The van der Waals surface area contributed by atoms with Crippen molar-refractivity contribution in [3.63, 3.8) is 0 Å². The van der Waals surface area contributed by atoms with Crippen molar-refractivity contribution in [2.24, 2.45) is 5.73 Å². The molecule has 0 bridgehead atoms. The van der Waals surface area contributed by atoms with Crippen LogP contribution >= 0.6 is 0 Å². The number of nitrogens with zero attached hydrogens (tertiary/aromatic N) is 2. The predicted molar refractivity (Wildman–Crippen MR) is 126 cm³/mol. The van der Waals surface area contributed by atoms with Gasteiger partial charge in [0.25, 0.3) is 5.91 Å². The second-order valence-corrected chi connectivity index (χ2v) is 7.41. The highest BCUT2D eigenvalue weighted by Crippen LogP contribution is 2.36. The molecule has 0 fully saturated rings. The Morgan fingerprint density at radius 1 is 1.03 bits per heavy atom. The fourth-order valence-corrected chi connectivity index (χ4v) is 3.53. The second-order valence-electron chi connectivity index (χ2n) is 7.41. The zero-order valence-corrected chi connectivity index (χ0v) is 19.0. The maximum atomic E-state index is 15.1. The number of rotatable bonds is 9. The van der Waals surface area contributed by atoms with Crippen LogP contribution in [0.1, 0.15) is 10.4 Å². The first-order chi connectivity index (χ1) is 16.9. The van der Waals surface area contributed by atoms with Crippen LogP contribution in [0.4, 0.5) is 8.78 Å². The molecular formula is C25H22F2N4O4. The van der Waals surface area contributed by atoms with E-state index in [0.717, 1.165) is 12.1 Å². The van der Waals surface area contributed by atoms with E-state index in [9.17, 15) is 4.79 Å². The number of pyridine rings is 2. The summed E-state index contributed by atoms with van der Waals surface area (Å²) in [7, 11) is 3.17. The largest absolute Gasteiger partial charge is 0.496 e. The minimum atomic E-state index is -0.989. The molecule has 0 aliphatic carbocycles. The van der Waals surface area contributed by atoms with Crippen LogP contribution in [0.15, 0.2) is 54.9 Å². The molecule has 1 amide bonds. The van der Waals surface area contributed by atoms with E-state index in [1.165, 1.54) is 31.6 Å². The summed E-state index contributed by atoms with van der Waals surface area (Å²) in [5, 5.41) is 3.53. The van der Waals surface area contributed by atoms with E-state index >= 15 is 8.78 Å². The van der Waals surface area contributed by atoms with Crippen LogP contribution in [-0.4, -0.2) is 43.2 Å². The number of nitrogens with one attached hydrogen (secondary N) is 1. The third kappa shape index (κ3) is 4.97. The number of benzene rings is 2. The predicted octanol–water partition coefficient (Wildman–Crippen LogP) is 4.07. The topological polar surface area (TPSA) is 109 Å². The average molecular weight is 480 g/mol. The highest BCUT2D eigenvalue weighted by Gasteiger charge is 2.22. The summed E-state index contributed by atoms with van der Waals surface area (Å²) in [4.78, 5) is 20.3. The molecule has 10 heteroatoms. The summed E-state index contributed by atoms with van der Waals surface area (Å²) in [5.41, 5.74) is 5.88. The lowest BCUT2D eigenvalue weighted by atomic mass is 10.0. The first-order valence-corrected chi connectivity index (χ1v) is 10.6. The summed E-state index contributed by atoms with van der Waals surface area (Å²) in [6.45, 7) is 1.15. The van der Waals surface area contributed by atoms with Gasteiger partial charge in [-0.1, -0.05) is 0 Å². The summed E-state index contributed by atoms with van der Waals surface area (Å²) in [5.74, 6) is -2.48. The molecule has 0 aliphatic heterocycles. The lowest BCUT2D eigenvalue weighted by molar-refractivity contribution is 0.0997. The van der Waals surface area contributed by atoms with Gasteiger partial charge in [0.1, 0.15) is 29.4 Å². The maximum Gasteiger partial charge on any atom is 0.254 e.